The number of rotatable bonds is 4. The summed E-state index contributed by atoms with van der Waals surface area (Å²) in [4.78, 5) is 5.12. The third-order valence-corrected chi connectivity index (χ3v) is 4.34. The molecule has 3 nitrogen and oxygen atoms in total. The zero-order chi connectivity index (χ0) is 13.1. The molecule has 102 valence electrons. The first-order chi connectivity index (χ1) is 7.86. The SMILES string of the molecule is CCC1CN(C)CCCN1CC(C)(C)C(C)N. The van der Waals surface area contributed by atoms with Crippen molar-refractivity contribution in [3.63, 3.8) is 0 Å². The molecule has 0 spiro atoms. The molecule has 2 N–H and O–H groups in total. The second-order valence-electron chi connectivity index (χ2n) is 6.43. The molecule has 17 heavy (non-hydrogen) atoms. The zero-order valence-corrected chi connectivity index (χ0v) is 12.4. The van der Waals surface area contributed by atoms with Gasteiger partial charge in [0.1, 0.15) is 0 Å². The predicted octanol–water partition coefficient (Wildman–Crippen LogP) is 1.78. The Morgan fingerprint density at radius 2 is 2.00 bits per heavy atom. The van der Waals surface area contributed by atoms with Crippen LogP contribution in [0.3, 0.4) is 0 Å². The monoisotopic (exact) mass is 241 g/mol. The summed E-state index contributed by atoms with van der Waals surface area (Å²) in [5.41, 5.74) is 6.31. The molecule has 1 fully saturated rings. The van der Waals surface area contributed by atoms with Crippen LogP contribution < -0.4 is 5.73 Å². The highest BCUT2D eigenvalue weighted by molar-refractivity contribution is 4.86. The van der Waals surface area contributed by atoms with E-state index < -0.39 is 0 Å². The maximum Gasteiger partial charge on any atom is 0.0220 e. The molecule has 2 atom stereocenters. The van der Waals surface area contributed by atoms with Crippen LogP contribution in [0.25, 0.3) is 0 Å². The Labute approximate surface area is 107 Å². The smallest absolute Gasteiger partial charge is 0.0220 e. The molecule has 1 rings (SSSR count). The van der Waals surface area contributed by atoms with E-state index in [0.717, 1.165) is 6.54 Å². The van der Waals surface area contributed by atoms with Crippen molar-refractivity contribution in [2.45, 2.75) is 52.6 Å². The lowest BCUT2D eigenvalue weighted by molar-refractivity contribution is 0.111. The normalized spacial score (nSPS) is 26.8. The molecule has 0 amide bonds. The third kappa shape index (κ3) is 4.23. The predicted molar refractivity (Wildman–Crippen MR) is 75.2 cm³/mol. The Kier molecular flexibility index (Phi) is 5.42. The van der Waals surface area contributed by atoms with Gasteiger partial charge in [-0.3, -0.25) is 4.90 Å². The molecule has 0 aromatic carbocycles. The fourth-order valence-electron chi connectivity index (χ4n) is 2.56. The summed E-state index contributed by atoms with van der Waals surface area (Å²) < 4.78 is 0. The lowest BCUT2D eigenvalue weighted by Crippen LogP contribution is -2.49. The molecule has 0 saturated carbocycles. The average Bonchev–Trinajstić information content (AvgIpc) is 2.39. The zero-order valence-electron chi connectivity index (χ0n) is 12.4. The van der Waals surface area contributed by atoms with E-state index in [1.807, 2.05) is 0 Å². The van der Waals surface area contributed by atoms with Crippen LogP contribution in [0.2, 0.25) is 0 Å². The summed E-state index contributed by atoms with van der Waals surface area (Å²) in [5, 5.41) is 0. The van der Waals surface area contributed by atoms with Gasteiger partial charge in [-0.05, 0) is 45.3 Å². The van der Waals surface area contributed by atoms with Gasteiger partial charge >= 0.3 is 0 Å². The van der Waals surface area contributed by atoms with E-state index in [1.165, 1.54) is 32.5 Å². The van der Waals surface area contributed by atoms with Crippen molar-refractivity contribution in [1.82, 2.24) is 9.80 Å². The summed E-state index contributed by atoms with van der Waals surface area (Å²) in [6.07, 6.45) is 2.52. The average molecular weight is 241 g/mol. The molecule has 2 unspecified atom stereocenters. The van der Waals surface area contributed by atoms with E-state index in [-0.39, 0.29) is 11.5 Å². The highest BCUT2D eigenvalue weighted by Gasteiger charge is 2.30. The van der Waals surface area contributed by atoms with Gasteiger partial charge in [0.2, 0.25) is 0 Å². The molecule has 0 aromatic rings. The summed E-state index contributed by atoms with van der Waals surface area (Å²) in [5.74, 6) is 0. The Bertz CT molecular complexity index is 226. The van der Waals surface area contributed by atoms with Crippen LogP contribution in [0.1, 0.15) is 40.5 Å². The highest BCUT2D eigenvalue weighted by Crippen LogP contribution is 2.24. The summed E-state index contributed by atoms with van der Waals surface area (Å²) >= 11 is 0. The van der Waals surface area contributed by atoms with E-state index in [0.29, 0.717) is 6.04 Å². The fraction of sp³-hybridized carbons (Fsp3) is 1.00. The molecule has 1 aliphatic rings. The Morgan fingerprint density at radius 1 is 1.35 bits per heavy atom. The van der Waals surface area contributed by atoms with Crippen LogP contribution in [0, 0.1) is 5.41 Å². The minimum atomic E-state index is 0.205. The van der Waals surface area contributed by atoms with Crippen LogP contribution in [0.15, 0.2) is 0 Å². The highest BCUT2D eigenvalue weighted by atomic mass is 15.2. The van der Waals surface area contributed by atoms with E-state index in [2.05, 4.69) is 44.5 Å². The molecule has 0 bridgehead atoms. The van der Waals surface area contributed by atoms with Gasteiger partial charge in [-0.1, -0.05) is 20.8 Å². The van der Waals surface area contributed by atoms with Crippen molar-refractivity contribution < 1.29 is 0 Å². The van der Waals surface area contributed by atoms with E-state index in [9.17, 15) is 0 Å². The van der Waals surface area contributed by atoms with E-state index in [1.54, 1.807) is 0 Å². The first kappa shape index (κ1) is 14.9. The van der Waals surface area contributed by atoms with Gasteiger partial charge < -0.3 is 10.6 Å². The standard InChI is InChI=1S/C14H31N3/c1-6-13-10-16(5)8-7-9-17(13)11-14(3,4)12(2)15/h12-13H,6-11,15H2,1-5H3. The van der Waals surface area contributed by atoms with Gasteiger partial charge in [-0.15, -0.1) is 0 Å². The van der Waals surface area contributed by atoms with Crippen LogP contribution in [-0.4, -0.2) is 55.1 Å². The van der Waals surface area contributed by atoms with Crippen molar-refractivity contribution in [2.24, 2.45) is 11.1 Å². The van der Waals surface area contributed by atoms with Crippen molar-refractivity contribution >= 4 is 0 Å². The first-order valence-corrected chi connectivity index (χ1v) is 7.05. The maximum atomic E-state index is 6.10. The van der Waals surface area contributed by atoms with Gasteiger partial charge in [0.15, 0.2) is 0 Å². The molecular formula is C14H31N3. The number of nitrogens with two attached hydrogens (primary N) is 1. The van der Waals surface area contributed by atoms with Gasteiger partial charge in [-0.25, -0.2) is 0 Å². The Hall–Kier alpha value is -0.120. The lowest BCUT2D eigenvalue weighted by Gasteiger charge is -2.39. The molecule has 1 aliphatic heterocycles. The quantitative estimate of drug-likeness (QED) is 0.814. The maximum absolute atomic E-state index is 6.10. The molecule has 3 heteroatoms. The minimum absolute atomic E-state index is 0.205. The molecular weight excluding hydrogens is 210 g/mol. The summed E-state index contributed by atoms with van der Waals surface area (Å²) in [7, 11) is 2.24. The number of nitrogens with zero attached hydrogens (tertiary/aromatic N) is 2. The second kappa shape index (κ2) is 6.17. The lowest BCUT2D eigenvalue weighted by atomic mass is 9.85. The number of likely N-dealkylation sites (N-methyl/N-ethyl adjacent to an activating group) is 1. The van der Waals surface area contributed by atoms with Crippen molar-refractivity contribution in [2.75, 3.05) is 33.2 Å². The van der Waals surface area contributed by atoms with E-state index >= 15 is 0 Å². The third-order valence-electron chi connectivity index (χ3n) is 4.34. The van der Waals surface area contributed by atoms with Gasteiger partial charge in [0, 0.05) is 25.2 Å². The van der Waals surface area contributed by atoms with Crippen molar-refractivity contribution in [1.29, 1.82) is 0 Å². The first-order valence-electron chi connectivity index (χ1n) is 7.05. The van der Waals surface area contributed by atoms with Gasteiger partial charge in [-0.2, -0.15) is 0 Å². The van der Waals surface area contributed by atoms with Crippen LogP contribution in [0.5, 0.6) is 0 Å². The van der Waals surface area contributed by atoms with Crippen molar-refractivity contribution in [3.8, 4) is 0 Å². The van der Waals surface area contributed by atoms with Crippen LogP contribution in [-0.2, 0) is 0 Å². The molecule has 0 radical (unpaired) electrons. The minimum Gasteiger partial charge on any atom is -0.327 e. The molecule has 1 heterocycles. The van der Waals surface area contributed by atoms with Crippen LogP contribution in [0.4, 0.5) is 0 Å². The Balaban J connectivity index is 2.66. The Morgan fingerprint density at radius 3 is 2.53 bits per heavy atom. The summed E-state index contributed by atoms with van der Waals surface area (Å²) in [6, 6.07) is 0.946. The largest absolute Gasteiger partial charge is 0.327 e. The number of hydrogen-bond acceptors (Lipinski definition) is 3. The van der Waals surface area contributed by atoms with Gasteiger partial charge in [0.05, 0.1) is 0 Å². The van der Waals surface area contributed by atoms with Crippen molar-refractivity contribution in [3.05, 3.63) is 0 Å². The molecule has 1 saturated heterocycles. The number of hydrogen-bond donors (Lipinski definition) is 1. The topological polar surface area (TPSA) is 32.5 Å². The molecule has 0 aromatic heterocycles. The van der Waals surface area contributed by atoms with Crippen LogP contribution >= 0.6 is 0 Å². The fourth-order valence-corrected chi connectivity index (χ4v) is 2.56. The van der Waals surface area contributed by atoms with E-state index in [4.69, 9.17) is 5.73 Å². The molecule has 0 aliphatic carbocycles. The summed E-state index contributed by atoms with van der Waals surface area (Å²) in [6.45, 7) is 13.8. The van der Waals surface area contributed by atoms with Gasteiger partial charge in [0.25, 0.3) is 0 Å². The second-order valence-corrected chi connectivity index (χ2v) is 6.43.